The van der Waals surface area contributed by atoms with Crippen LogP contribution < -0.4 is 15.5 Å². The molecule has 0 aliphatic rings. The van der Waals surface area contributed by atoms with Gasteiger partial charge in [-0.25, -0.2) is 14.6 Å². The Morgan fingerprint density at radius 3 is 2.43 bits per heavy atom. The van der Waals surface area contributed by atoms with Gasteiger partial charge in [0.15, 0.2) is 0 Å². The zero-order chi connectivity index (χ0) is 24.8. The molecule has 4 aromatic rings. The summed E-state index contributed by atoms with van der Waals surface area (Å²) in [5.41, 5.74) is 4.17. The Balaban J connectivity index is 1.54. The SMILES string of the molecule is Cc1cccc(C(=O)Oc2ccc3ccccc3c2/C=N\NC(=O)C(=O)Nc2ccc(F)cc2)c1. The molecule has 0 unspecified atom stereocenters. The van der Waals surface area contributed by atoms with E-state index in [1.807, 2.05) is 37.3 Å². The first-order valence-electron chi connectivity index (χ1n) is 10.6. The Morgan fingerprint density at radius 2 is 1.66 bits per heavy atom. The maximum absolute atomic E-state index is 13.0. The first-order valence-corrected chi connectivity index (χ1v) is 10.6. The largest absolute Gasteiger partial charge is 0.422 e. The molecule has 174 valence electrons. The molecule has 8 heteroatoms. The van der Waals surface area contributed by atoms with Gasteiger partial charge in [-0.2, -0.15) is 5.10 Å². The molecule has 2 amide bonds. The number of nitrogens with zero attached hydrogens (tertiary/aromatic N) is 1. The van der Waals surface area contributed by atoms with Crippen LogP contribution in [0.3, 0.4) is 0 Å². The number of benzene rings is 4. The van der Waals surface area contributed by atoms with Gasteiger partial charge in [0.05, 0.1) is 11.8 Å². The van der Waals surface area contributed by atoms with Crippen molar-refractivity contribution in [1.29, 1.82) is 0 Å². The van der Waals surface area contributed by atoms with E-state index in [2.05, 4.69) is 15.8 Å². The molecule has 0 fully saturated rings. The molecule has 0 atom stereocenters. The van der Waals surface area contributed by atoms with Crippen LogP contribution in [0.1, 0.15) is 21.5 Å². The number of esters is 1. The van der Waals surface area contributed by atoms with Crippen molar-refractivity contribution in [3.63, 3.8) is 0 Å². The molecule has 0 aliphatic heterocycles. The number of anilines is 1. The summed E-state index contributed by atoms with van der Waals surface area (Å²) in [6.07, 6.45) is 1.31. The molecule has 0 saturated heterocycles. The lowest BCUT2D eigenvalue weighted by molar-refractivity contribution is -0.136. The maximum Gasteiger partial charge on any atom is 0.343 e. The van der Waals surface area contributed by atoms with Crippen molar-refractivity contribution in [2.24, 2.45) is 5.10 Å². The zero-order valence-corrected chi connectivity index (χ0v) is 18.6. The fourth-order valence-corrected chi connectivity index (χ4v) is 3.36. The Hall–Kier alpha value is -4.85. The summed E-state index contributed by atoms with van der Waals surface area (Å²) in [5, 5.41) is 7.83. The quantitative estimate of drug-likeness (QED) is 0.147. The predicted octanol–water partition coefficient (Wildman–Crippen LogP) is 4.60. The highest BCUT2D eigenvalue weighted by molar-refractivity contribution is 6.39. The number of fused-ring (bicyclic) bond motifs is 1. The molecule has 7 nitrogen and oxygen atoms in total. The molecule has 0 aliphatic carbocycles. The Bertz CT molecular complexity index is 1450. The summed E-state index contributed by atoms with van der Waals surface area (Å²) >= 11 is 0. The molecule has 4 aromatic carbocycles. The zero-order valence-electron chi connectivity index (χ0n) is 18.6. The van der Waals surface area contributed by atoms with Crippen molar-refractivity contribution in [2.75, 3.05) is 5.32 Å². The lowest BCUT2D eigenvalue weighted by Gasteiger charge is -2.11. The van der Waals surface area contributed by atoms with Crippen LogP contribution >= 0.6 is 0 Å². The van der Waals surface area contributed by atoms with Crippen LogP contribution in [0.2, 0.25) is 0 Å². The molecular formula is C27H20FN3O4. The van der Waals surface area contributed by atoms with Crippen LogP contribution in [0.15, 0.2) is 90.0 Å². The summed E-state index contributed by atoms with van der Waals surface area (Å²) < 4.78 is 18.6. The monoisotopic (exact) mass is 469 g/mol. The van der Waals surface area contributed by atoms with Gasteiger partial charge in [0, 0.05) is 11.3 Å². The van der Waals surface area contributed by atoms with Crippen LogP contribution in [0.4, 0.5) is 10.1 Å². The Labute approximate surface area is 200 Å². The number of ether oxygens (including phenoxy) is 1. The molecule has 2 N–H and O–H groups in total. The van der Waals surface area contributed by atoms with Crippen LogP contribution in [0, 0.1) is 12.7 Å². The fraction of sp³-hybridized carbons (Fsp3) is 0.0370. The number of carbonyl (C=O) groups excluding carboxylic acids is 3. The molecule has 0 bridgehead atoms. The number of hydrazone groups is 1. The van der Waals surface area contributed by atoms with E-state index >= 15 is 0 Å². The van der Waals surface area contributed by atoms with Gasteiger partial charge in [0.2, 0.25) is 0 Å². The molecule has 0 radical (unpaired) electrons. The van der Waals surface area contributed by atoms with E-state index in [0.29, 0.717) is 11.1 Å². The molecule has 0 saturated carbocycles. The Morgan fingerprint density at radius 1 is 0.886 bits per heavy atom. The first-order chi connectivity index (χ1) is 16.9. The standard InChI is InChI=1S/C27H20FN3O4/c1-17-5-4-7-19(15-17)27(34)35-24-14-9-18-6-2-3-8-22(18)23(24)16-29-31-26(33)25(32)30-21-12-10-20(28)11-13-21/h2-16H,1H3,(H,30,32)(H,31,33)/b29-16-. The normalized spacial score (nSPS) is 10.8. The van der Waals surface area contributed by atoms with E-state index in [0.717, 1.165) is 28.5 Å². The van der Waals surface area contributed by atoms with Crippen molar-refractivity contribution >= 4 is 40.5 Å². The van der Waals surface area contributed by atoms with Gasteiger partial charge >= 0.3 is 17.8 Å². The smallest absolute Gasteiger partial charge is 0.343 e. The van der Waals surface area contributed by atoms with E-state index in [1.54, 1.807) is 30.3 Å². The minimum atomic E-state index is -1.02. The lowest BCUT2D eigenvalue weighted by atomic mass is 10.0. The van der Waals surface area contributed by atoms with Gasteiger partial charge in [-0.1, -0.05) is 48.0 Å². The second-order valence-electron chi connectivity index (χ2n) is 7.62. The molecule has 0 aromatic heterocycles. The van der Waals surface area contributed by atoms with Gasteiger partial charge in [0.25, 0.3) is 0 Å². The Kier molecular flexibility index (Phi) is 6.92. The van der Waals surface area contributed by atoms with E-state index in [-0.39, 0.29) is 11.4 Å². The summed E-state index contributed by atoms with van der Waals surface area (Å²) in [5.74, 6) is -2.77. The van der Waals surface area contributed by atoms with E-state index in [1.165, 1.54) is 18.3 Å². The molecule has 35 heavy (non-hydrogen) atoms. The molecule has 0 heterocycles. The van der Waals surface area contributed by atoms with E-state index in [9.17, 15) is 18.8 Å². The second kappa shape index (κ2) is 10.4. The third-order valence-corrected chi connectivity index (χ3v) is 5.06. The molecular weight excluding hydrogens is 449 g/mol. The van der Waals surface area contributed by atoms with Crippen LogP contribution in [-0.4, -0.2) is 24.0 Å². The number of hydrogen-bond acceptors (Lipinski definition) is 5. The van der Waals surface area contributed by atoms with E-state index in [4.69, 9.17) is 4.74 Å². The predicted molar refractivity (Wildman–Crippen MR) is 131 cm³/mol. The minimum Gasteiger partial charge on any atom is -0.422 e. The summed E-state index contributed by atoms with van der Waals surface area (Å²) in [6.45, 7) is 1.87. The highest BCUT2D eigenvalue weighted by Crippen LogP contribution is 2.27. The van der Waals surface area contributed by atoms with Crippen LogP contribution in [-0.2, 0) is 9.59 Å². The third-order valence-electron chi connectivity index (χ3n) is 5.06. The number of rotatable bonds is 5. The number of hydrogen-bond donors (Lipinski definition) is 2. The summed E-state index contributed by atoms with van der Waals surface area (Å²) in [6, 6.07) is 22.8. The average molecular weight is 469 g/mol. The van der Waals surface area contributed by atoms with Gasteiger partial charge < -0.3 is 10.1 Å². The van der Waals surface area contributed by atoms with Gasteiger partial charge in [-0.3, -0.25) is 9.59 Å². The molecule has 0 spiro atoms. The summed E-state index contributed by atoms with van der Waals surface area (Å²) in [4.78, 5) is 36.9. The minimum absolute atomic E-state index is 0.240. The van der Waals surface area contributed by atoms with E-state index < -0.39 is 23.6 Å². The lowest BCUT2D eigenvalue weighted by Crippen LogP contribution is -2.32. The highest BCUT2D eigenvalue weighted by atomic mass is 19.1. The van der Waals surface area contributed by atoms with Gasteiger partial charge in [0.1, 0.15) is 11.6 Å². The van der Waals surface area contributed by atoms with Gasteiger partial charge in [-0.05, 0) is 60.2 Å². The van der Waals surface area contributed by atoms with Crippen molar-refractivity contribution in [2.45, 2.75) is 6.92 Å². The third kappa shape index (κ3) is 5.75. The number of aryl methyl sites for hydroxylation is 1. The first kappa shape index (κ1) is 23.3. The number of nitrogens with one attached hydrogen (secondary N) is 2. The van der Waals surface area contributed by atoms with Crippen molar-refractivity contribution in [3.8, 4) is 5.75 Å². The topological polar surface area (TPSA) is 96.9 Å². The van der Waals surface area contributed by atoms with Crippen molar-refractivity contribution in [1.82, 2.24) is 5.43 Å². The van der Waals surface area contributed by atoms with Gasteiger partial charge in [-0.15, -0.1) is 0 Å². The number of amides is 2. The molecule has 4 rings (SSSR count). The summed E-state index contributed by atoms with van der Waals surface area (Å²) in [7, 11) is 0. The van der Waals surface area contributed by atoms with Crippen LogP contribution in [0.5, 0.6) is 5.75 Å². The van der Waals surface area contributed by atoms with Crippen molar-refractivity contribution < 1.29 is 23.5 Å². The van der Waals surface area contributed by atoms with Crippen molar-refractivity contribution in [3.05, 3.63) is 107 Å². The second-order valence-corrected chi connectivity index (χ2v) is 7.62. The number of carbonyl (C=O) groups is 3. The maximum atomic E-state index is 13.0. The fourth-order valence-electron chi connectivity index (χ4n) is 3.36. The van der Waals surface area contributed by atoms with Crippen LogP contribution in [0.25, 0.3) is 10.8 Å². The number of halogens is 1. The highest BCUT2D eigenvalue weighted by Gasteiger charge is 2.15. The average Bonchev–Trinajstić information content (AvgIpc) is 2.86.